The van der Waals surface area contributed by atoms with Crippen molar-refractivity contribution in [1.82, 2.24) is 10.2 Å². The van der Waals surface area contributed by atoms with Gasteiger partial charge in [-0.2, -0.15) is 0 Å². The molecule has 1 amide bonds. The van der Waals surface area contributed by atoms with Gasteiger partial charge in [-0.05, 0) is 61.3 Å². The minimum atomic E-state index is -0.0414. The molecule has 4 heteroatoms. The highest BCUT2D eigenvalue weighted by atomic mass is 16.5. The quantitative estimate of drug-likeness (QED) is 0.875. The van der Waals surface area contributed by atoms with Gasteiger partial charge >= 0.3 is 0 Å². The van der Waals surface area contributed by atoms with Crippen molar-refractivity contribution in [3.63, 3.8) is 0 Å². The molecule has 1 heterocycles. The van der Waals surface area contributed by atoms with E-state index in [1.807, 2.05) is 36.4 Å². The van der Waals surface area contributed by atoms with Gasteiger partial charge in [0.25, 0.3) is 5.91 Å². The Morgan fingerprint density at radius 2 is 1.60 bits per heavy atom. The molecular weight excluding hydrogens is 312 g/mol. The zero-order valence-corrected chi connectivity index (χ0v) is 14.8. The van der Waals surface area contributed by atoms with Crippen molar-refractivity contribution in [2.24, 2.45) is 0 Å². The highest BCUT2D eigenvalue weighted by Crippen LogP contribution is 2.14. The van der Waals surface area contributed by atoms with Gasteiger partial charge in [0.05, 0.1) is 7.11 Å². The Morgan fingerprint density at radius 1 is 0.960 bits per heavy atom. The third-order valence-corrected chi connectivity index (χ3v) is 4.68. The molecule has 1 fully saturated rings. The maximum absolute atomic E-state index is 12.3. The second-order valence-corrected chi connectivity index (χ2v) is 6.56. The van der Waals surface area contributed by atoms with Crippen LogP contribution in [0.25, 0.3) is 0 Å². The zero-order valence-electron chi connectivity index (χ0n) is 14.8. The normalized spacial score (nSPS) is 14.9. The van der Waals surface area contributed by atoms with Gasteiger partial charge in [0.15, 0.2) is 0 Å². The number of nitrogens with one attached hydrogen (secondary N) is 1. The summed E-state index contributed by atoms with van der Waals surface area (Å²) < 4.78 is 5.14. The van der Waals surface area contributed by atoms with Crippen LogP contribution in [0.15, 0.2) is 48.5 Å². The lowest BCUT2D eigenvalue weighted by Crippen LogP contribution is -2.29. The van der Waals surface area contributed by atoms with Crippen molar-refractivity contribution >= 4 is 5.91 Å². The van der Waals surface area contributed by atoms with Crippen LogP contribution in [-0.4, -0.2) is 31.0 Å². The summed E-state index contributed by atoms with van der Waals surface area (Å²) >= 11 is 0. The summed E-state index contributed by atoms with van der Waals surface area (Å²) in [6, 6.07) is 15.7. The van der Waals surface area contributed by atoms with E-state index < -0.39 is 0 Å². The molecule has 0 unspecified atom stereocenters. The Kier molecular flexibility index (Phi) is 6.07. The van der Waals surface area contributed by atoms with Crippen LogP contribution >= 0.6 is 0 Å². The second kappa shape index (κ2) is 8.67. The van der Waals surface area contributed by atoms with Crippen LogP contribution in [0.3, 0.4) is 0 Å². The summed E-state index contributed by atoms with van der Waals surface area (Å²) in [5, 5.41) is 2.96. The van der Waals surface area contributed by atoms with Crippen LogP contribution in [0.4, 0.5) is 0 Å². The number of methoxy groups -OCH3 is 1. The SMILES string of the molecule is COc1ccc(CNC(=O)c2ccc(CN3CCCCC3)cc2)cc1. The molecule has 1 N–H and O–H groups in total. The van der Waals surface area contributed by atoms with Crippen molar-refractivity contribution in [2.75, 3.05) is 20.2 Å². The number of nitrogens with zero attached hydrogens (tertiary/aromatic N) is 1. The number of carbonyl (C=O) groups excluding carboxylic acids is 1. The Morgan fingerprint density at radius 3 is 2.24 bits per heavy atom. The molecule has 0 aliphatic carbocycles. The lowest BCUT2D eigenvalue weighted by atomic mass is 10.1. The number of amides is 1. The molecule has 3 rings (SSSR count). The van der Waals surface area contributed by atoms with E-state index in [-0.39, 0.29) is 5.91 Å². The van der Waals surface area contributed by atoms with Gasteiger partial charge in [-0.3, -0.25) is 9.69 Å². The van der Waals surface area contributed by atoms with Crippen LogP contribution in [0.1, 0.15) is 40.7 Å². The Bertz CT molecular complexity index is 674. The van der Waals surface area contributed by atoms with E-state index in [1.54, 1.807) is 7.11 Å². The Hall–Kier alpha value is -2.33. The van der Waals surface area contributed by atoms with E-state index in [0.29, 0.717) is 12.1 Å². The number of likely N-dealkylation sites (tertiary alicyclic amines) is 1. The first-order valence-corrected chi connectivity index (χ1v) is 8.97. The van der Waals surface area contributed by atoms with Crippen LogP contribution < -0.4 is 10.1 Å². The molecule has 1 aliphatic rings. The number of piperidine rings is 1. The third-order valence-electron chi connectivity index (χ3n) is 4.68. The van der Waals surface area contributed by atoms with Crippen LogP contribution in [-0.2, 0) is 13.1 Å². The third kappa shape index (κ3) is 5.07. The fourth-order valence-corrected chi connectivity index (χ4v) is 3.17. The van der Waals surface area contributed by atoms with Gasteiger partial charge in [-0.25, -0.2) is 0 Å². The first kappa shape index (κ1) is 17.5. The molecule has 0 saturated carbocycles. The Balaban J connectivity index is 1.51. The number of hydrogen-bond acceptors (Lipinski definition) is 3. The first-order valence-electron chi connectivity index (χ1n) is 8.97. The van der Waals surface area contributed by atoms with Gasteiger partial charge in [-0.1, -0.05) is 30.7 Å². The van der Waals surface area contributed by atoms with Crippen LogP contribution in [0.2, 0.25) is 0 Å². The molecule has 2 aromatic rings. The molecule has 0 spiro atoms. The highest BCUT2D eigenvalue weighted by molar-refractivity contribution is 5.94. The van der Waals surface area contributed by atoms with Crippen molar-refractivity contribution in [1.29, 1.82) is 0 Å². The van der Waals surface area contributed by atoms with E-state index in [0.717, 1.165) is 17.9 Å². The minimum Gasteiger partial charge on any atom is -0.497 e. The first-order chi connectivity index (χ1) is 12.2. The molecule has 132 valence electrons. The highest BCUT2D eigenvalue weighted by Gasteiger charge is 2.11. The molecule has 0 atom stereocenters. The molecule has 0 radical (unpaired) electrons. The maximum atomic E-state index is 12.3. The summed E-state index contributed by atoms with van der Waals surface area (Å²) in [5.41, 5.74) is 3.03. The van der Waals surface area contributed by atoms with E-state index in [1.165, 1.54) is 37.9 Å². The van der Waals surface area contributed by atoms with Crippen LogP contribution in [0.5, 0.6) is 5.75 Å². The largest absolute Gasteiger partial charge is 0.497 e. The number of hydrogen-bond donors (Lipinski definition) is 1. The van der Waals surface area contributed by atoms with E-state index in [4.69, 9.17) is 4.74 Å². The average Bonchev–Trinajstić information content (AvgIpc) is 2.68. The van der Waals surface area contributed by atoms with Gasteiger partial charge in [0, 0.05) is 18.7 Å². The lowest BCUT2D eigenvalue weighted by molar-refractivity contribution is 0.0951. The summed E-state index contributed by atoms with van der Waals surface area (Å²) in [7, 11) is 1.64. The molecule has 2 aromatic carbocycles. The van der Waals surface area contributed by atoms with Gasteiger partial charge in [-0.15, -0.1) is 0 Å². The summed E-state index contributed by atoms with van der Waals surface area (Å²) in [6.07, 6.45) is 3.95. The lowest BCUT2D eigenvalue weighted by Gasteiger charge is -2.26. The maximum Gasteiger partial charge on any atom is 0.251 e. The standard InChI is InChI=1S/C21H26N2O2/c1-25-20-11-7-17(8-12-20)15-22-21(24)19-9-5-18(6-10-19)16-23-13-3-2-4-14-23/h5-12H,2-4,13-16H2,1H3,(H,22,24). The molecule has 0 aromatic heterocycles. The van der Waals surface area contributed by atoms with E-state index in [9.17, 15) is 4.79 Å². The van der Waals surface area contributed by atoms with E-state index >= 15 is 0 Å². The van der Waals surface area contributed by atoms with Gasteiger partial charge in [0.1, 0.15) is 5.75 Å². The van der Waals surface area contributed by atoms with Gasteiger partial charge < -0.3 is 10.1 Å². The monoisotopic (exact) mass is 338 g/mol. The topological polar surface area (TPSA) is 41.6 Å². The zero-order chi connectivity index (χ0) is 17.5. The van der Waals surface area contributed by atoms with Gasteiger partial charge in [0.2, 0.25) is 0 Å². The number of carbonyl (C=O) groups is 1. The summed E-state index contributed by atoms with van der Waals surface area (Å²) in [5.74, 6) is 0.778. The average molecular weight is 338 g/mol. The number of ether oxygens (including phenoxy) is 1. The summed E-state index contributed by atoms with van der Waals surface area (Å²) in [4.78, 5) is 14.8. The number of rotatable bonds is 6. The number of benzene rings is 2. The van der Waals surface area contributed by atoms with Crippen molar-refractivity contribution in [3.8, 4) is 5.75 Å². The molecular formula is C21H26N2O2. The minimum absolute atomic E-state index is 0.0414. The smallest absolute Gasteiger partial charge is 0.251 e. The second-order valence-electron chi connectivity index (χ2n) is 6.56. The molecule has 4 nitrogen and oxygen atoms in total. The molecule has 0 bridgehead atoms. The molecule has 1 aliphatic heterocycles. The van der Waals surface area contributed by atoms with Crippen molar-refractivity contribution in [3.05, 3.63) is 65.2 Å². The Labute approximate surface area is 149 Å². The predicted molar refractivity (Wildman–Crippen MR) is 99.7 cm³/mol. The fraction of sp³-hybridized carbons (Fsp3) is 0.381. The van der Waals surface area contributed by atoms with Crippen LogP contribution in [0, 0.1) is 0 Å². The van der Waals surface area contributed by atoms with Crippen molar-refractivity contribution in [2.45, 2.75) is 32.4 Å². The molecule has 1 saturated heterocycles. The fourth-order valence-electron chi connectivity index (χ4n) is 3.17. The van der Waals surface area contributed by atoms with E-state index in [2.05, 4.69) is 22.3 Å². The summed E-state index contributed by atoms with van der Waals surface area (Å²) in [6.45, 7) is 3.86. The van der Waals surface area contributed by atoms with Crippen molar-refractivity contribution < 1.29 is 9.53 Å². The predicted octanol–water partition coefficient (Wildman–Crippen LogP) is 3.61. The molecule has 25 heavy (non-hydrogen) atoms.